The lowest BCUT2D eigenvalue weighted by Gasteiger charge is -2.11. The summed E-state index contributed by atoms with van der Waals surface area (Å²) in [7, 11) is -3.93. The minimum absolute atomic E-state index is 0.120. The fourth-order valence-electron chi connectivity index (χ4n) is 3.18. The molecular formula is C22H20Br2N4O4S. The Morgan fingerprint density at radius 2 is 1.55 bits per heavy atom. The average Bonchev–Trinajstić information content (AvgIpc) is 3.11. The highest BCUT2D eigenvalue weighted by atomic mass is 79.9. The van der Waals surface area contributed by atoms with Crippen molar-refractivity contribution in [1.29, 1.82) is 0 Å². The van der Waals surface area contributed by atoms with Crippen molar-refractivity contribution >= 4 is 64.2 Å². The molecule has 172 valence electrons. The summed E-state index contributed by atoms with van der Waals surface area (Å²) >= 11 is 6.83. The van der Waals surface area contributed by atoms with Crippen molar-refractivity contribution in [3.63, 3.8) is 0 Å². The zero-order chi connectivity index (χ0) is 23.8. The third-order valence-electron chi connectivity index (χ3n) is 4.77. The minimum atomic E-state index is -3.93. The summed E-state index contributed by atoms with van der Waals surface area (Å²) in [6.45, 7) is 2.19. The number of fused-ring (bicyclic) bond motifs is 1. The van der Waals surface area contributed by atoms with Crippen LogP contribution in [0.4, 0.5) is 11.4 Å². The van der Waals surface area contributed by atoms with E-state index in [1.165, 1.54) is 0 Å². The standard InChI is InChI=1S/C22H20Br2N4O4S/c1-13-2-5-16(6-3-13)33(29,30)28-20-7-4-14(25)10-17(20)22(27-28)32-9-8-31-21-18(23)11-15(26)12-19(21)24/h2-7,10-12H,8-9,25-26H2,1H3. The smallest absolute Gasteiger partial charge is 0.283 e. The van der Waals surface area contributed by atoms with E-state index in [0.717, 1.165) is 9.65 Å². The van der Waals surface area contributed by atoms with Crippen LogP contribution >= 0.6 is 31.9 Å². The number of hydrogen-bond donors (Lipinski definition) is 2. The van der Waals surface area contributed by atoms with E-state index in [1.54, 1.807) is 54.6 Å². The number of aromatic nitrogens is 2. The highest BCUT2D eigenvalue weighted by molar-refractivity contribution is 9.11. The first kappa shape index (κ1) is 23.4. The van der Waals surface area contributed by atoms with Crippen molar-refractivity contribution in [2.75, 3.05) is 24.7 Å². The van der Waals surface area contributed by atoms with E-state index in [2.05, 4.69) is 37.0 Å². The molecule has 0 radical (unpaired) electrons. The van der Waals surface area contributed by atoms with Crippen LogP contribution in [-0.4, -0.2) is 30.8 Å². The summed E-state index contributed by atoms with van der Waals surface area (Å²) in [5.74, 6) is 0.724. The molecule has 0 unspecified atom stereocenters. The Morgan fingerprint density at radius 1 is 0.909 bits per heavy atom. The van der Waals surface area contributed by atoms with Gasteiger partial charge in [0.2, 0.25) is 5.88 Å². The summed E-state index contributed by atoms with van der Waals surface area (Å²) in [5, 5.41) is 4.74. The quantitative estimate of drug-likeness (QED) is 0.234. The molecule has 0 aliphatic heterocycles. The van der Waals surface area contributed by atoms with Gasteiger partial charge in [-0.3, -0.25) is 0 Å². The molecule has 4 rings (SSSR count). The van der Waals surface area contributed by atoms with E-state index in [1.807, 2.05) is 6.92 Å². The van der Waals surface area contributed by atoms with Gasteiger partial charge < -0.3 is 20.9 Å². The molecule has 0 saturated carbocycles. The van der Waals surface area contributed by atoms with Gasteiger partial charge in [0.25, 0.3) is 10.0 Å². The molecule has 8 nitrogen and oxygen atoms in total. The maximum atomic E-state index is 13.2. The van der Waals surface area contributed by atoms with Crippen molar-refractivity contribution in [2.24, 2.45) is 0 Å². The molecule has 33 heavy (non-hydrogen) atoms. The van der Waals surface area contributed by atoms with Crippen LogP contribution in [0.25, 0.3) is 10.9 Å². The van der Waals surface area contributed by atoms with E-state index in [0.29, 0.717) is 37.0 Å². The second-order valence-corrected chi connectivity index (χ2v) is 10.7. The second-order valence-electron chi connectivity index (χ2n) is 7.25. The first-order valence-corrected chi connectivity index (χ1v) is 12.8. The van der Waals surface area contributed by atoms with Crippen LogP contribution in [0, 0.1) is 6.92 Å². The first-order valence-electron chi connectivity index (χ1n) is 9.77. The number of nitrogen functional groups attached to an aromatic ring is 2. The molecule has 0 amide bonds. The van der Waals surface area contributed by atoms with Crippen molar-refractivity contribution in [2.45, 2.75) is 11.8 Å². The van der Waals surface area contributed by atoms with Gasteiger partial charge in [-0.25, -0.2) is 0 Å². The molecule has 3 aromatic carbocycles. The highest BCUT2D eigenvalue weighted by Gasteiger charge is 2.24. The molecule has 0 fully saturated rings. The highest BCUT2D eigenvalue weighted by Crippen LogP contribution is 2.36. The Morgan fingerprint density at radius 3 is 2.21 bits per heavy atom. The molecule has 0 atom stereocenters. The molecule has 4 aromatic rings. The van der Waals surface area contributed by atoms with Crippen LogP contribution in [0.3, 0.4) is 0 Å². The van der Waals surface area contributed by atoms with Gasteiger partial charge in [-0.05, 0) is 81.2 Å². The zero-order valence-electron chi connectivity index (χ0n) is 17.5. The predicted octanol–water partition coefficient (Wildman–Crippen LogP) is 4.73. The van der Waals surface area contributed by atoms with Gasteiger partial charge in [0, 0.05) is 11.4 Å². The van der Waals surface area contributed by atoms with E-state index in [-0.39, 0.29) is 24.0 Å². The molecule has 0 aliphatic rings. The molecule has 4 N–H and O–H groups in total. The van der Waals surface area contributed by atoms with Crippen LogP contribution < -0.4 is 20.9 Å². The van der Waals surface area contributed by atoms with E-state index in [9.17, 15) is 8.42 Å². The second kappa shape index (κ2) is 9.24. The van der Waals surface area contributed by atoms with Gasteiger partial charge in [0.15, 0.2) is 0 Å². The maximum Gasteiger partial charge on any atom is 0.283 e. The molecular weight excluding hydrogens is 576 g/mol. The van der Waals surface area contributed by atoms with Gasteiger partial charge in [-0.15, -0.1) is 9.19 Å². The Balaban J connectivity index is 1.60. The molecule has 11 heteroatoms. The number of ether oxygens (including phenoxy) is 2. The summed E-state index contributed by atoms with van der Waals surface area (Å²) in [5.41, 5.74) is 14.1. The fourth-order valence-corrected chi connectivity index (χ4v) is 5.91. The van der Waals surface area contributed by atoms with E-state index in [4.69, 9.17) is 20.9 Å². The molecule has 1 heterocycles. The first-order chi connectivity index (χ1) is 15.7. The lowest BCUT2D eigenvalue weighted by molar-refractivity contribution is 0.211. The Bertz CT molecular complexity index is 1410. The maximum absolute atomic E-state index is 13.2. The summed E-state index contributed by atoms with van der Waals surface area (Å²) in [6.07, 6.45) is 0. The largest absolute Gasteiger partial charge is 0.488 e. The van der Waals surface area contributed by atoms with Crippen molar-refractivity contribution in [3.05, 3.63) is 69.1 Å². The predicted molar refractivity (Wildman–Crippen MR) is 135 cm³/mol. The number of aryl methyl sites for hydroxylation is 1. The SMILES string of the molecule is Cc1ccc(S(=O)(=O)n2nc(OCCOc3c(Br)cc(N)cc3Br)c3cc(N)ccc32)cc1. The third kappa shape index (κ3) is 4.80. The average molecular weight is 596 g/mol. The van der Waals surface area contributed by atoms with Crippen molar-refractivity contribution in [1.82, 2.24) is 9.19 Å². The lowest BCUT2D eigenvalue weighted by atomic mass is 10.2. The van der Waals surface area contributed by atoms with Crippen molar-refractivity contribution in [3.8, 4) is 11.6 Å². The van der Waals surface area contributed by atoms with Crippen LogP contribution in [0.1, 0.15) is 5.56 Å². The Labute approximate surface area is 207 Å². The number of nitrogens with zero attached hydrogens (tertiary/aromatic N) is 2. The lowest BCUT2D eigenvalue weighted by Crippen LogP contribution is -2.15. The fraction of sp³-hybridized carbons (Fsp3) is 0.136. The molecule has 0 bridgehead atoms. The van der Waals surface area contributed by atoms with Gasteiger partial charge >= 0.3 is 0 Å². The number of anilines is 2. The Hall–Kier alpha value is -2.76. The molecule has 0 spiro atoms. The zero-order valence-corrected chi connectivity index (χ0v) is 21.4. The van der Waals surface area contributed by atoms with Crippen LogP contribution in [0.5, 0.6) is 11.6 Å². The van der Waals surface area contributed by atoms with E-state index >= 15 is 0 Å². The summed E-state index contributed by atoms with van der Waals surface area (Å²) in [6, 6.07) is 14.9. The number of hydrogen-bond acceptors (Lipinski definition) is 7. The van der Waals surface area contributed by atoms with Gasteiger partial charge in [-0.2, -0.15) is 8.42 Å². The van der Waals surface area contributed by atoms with Crippen LogP contribution in [-0.2, 0) is 10.0 Å². The topological polar surface area (TPSA) is 122 Å². The van der Waals surface area contributed by atoms with Gasteiger partial charge in [0.05, 0.1) is 24.7 Å². The summed E-state index contributed by atoms with van der Waals surface area (Å²) < 4.78 is 40.4. The van der Waals surface area contributed by atoms with Crippen LogP contribution in [0.2, 0.25) is 0 Å². The normalized spacial score (nSPS) is 11.6. The molecule has 0 aliphatic carbocycles. The number of nitrogens with two attached hydrogens (primary N) is 2. The molecule has 1 aromatic heterocycles. The minimum Gasteiger partial charge on any atom is -0.488 e. The summed E-state index contributed by atoms with van der Waals surface area (Å²) in [4.78, 5) is 0.127. The van der Waals surface area contributed by atoms with Crippen LogP contribution in [0.15, 0.2) is 68.4 Å². The van der Waals surface area contributed by atoms with Crippen molar-refractivity contribution < 1.29 is 17.9 Å². The number of rotatable bonds is 7. The Kier molecular flexibility index (Phi) is 6.55. The number of halogens is 2. The van der Waals surface area contributed by atoms with E-state index < -0.39 is 10.0 Å². The third-order valence-corrected chi connectivity index (χ3v) is 7.55. The van der Waals surface area contributed by atoms with Gasteiger partial charge in [0.1, 0.15) is 19.0 Å². The number of benzene rings is 3. The monoisotopic (exact) mass is 594 g/mol. The molecule has 0 saturated heterocycles. The van der Waals surface area contributed by atoms with Gasteiger partial charge in [-0.1, -0.05) is 17.7 Å².